The van der Waals surface area contributed by atoms with E-state index in [1.165, 1.54) is 0 Å². The lowest BCUT2D eigenvalue weighted by Crippen LogP contribution is -2.41. The van der Waals surface area contributed by atoms with Crippen molar-refractivity contribution in [2.24, 2.45) is 0 Å². The van der Waals surface area contributed by atoms with Gasteiger partial charge < -0.3 is 9.84 Å². The highest BCUT2D eigenvalue weighted by Gasteiger charge is 2.17. The summed E-state index contributed by atoms with van der Waals surface area (Å²) in [6.07, 6.45) is 4.98. The molecular weight excluding hydrogens is 280 g/mol. The Morgan fingerprint density at radius 1 is 1.36 bits per heavy atom. The third kappa shape index (κ3) is 3.79. The molecular formula is C16H18N4O2. The lowest BCUT2D eigenvalue weighted by atomic mass is 10.1. The first kappa shape index (κ1) is 14.5. The zero-order chi connectivity index (χ0) is 15.2. The Morgan fingerprint density at radius 2 is 2.23 bits per heavy atom. The zero-order valence-corrected chi connectivity index (χ0v) is 12.2. The number of carbonyl (C=O) groups is 1. The Kier molecular flexibility index (Phi) is 4.60. The van der Waals surface area contributed by atoms with Crippen LogP contribution in [0.5, 0.6) is 0 Å². The van der Waals surface area contributed by atoms with Crippen molar-refractivity contribution in [3.05, 3.63) is 59.8 Å². The highest BCUT2D eigenvalue weighted by atomic mass is 16.5. The number of aromatic nitrogens is 2. The molecule has 3 rings (SSSR count). The Morgan fingerprint density at radius 3 is 3.00 bits per heavy atom. The number of rotatable bonds is 6. The van der Waals surface area contributed by atoms with Crippen molar-refractivity contribution in [3.8, 4) is 0 Å². The first-order valence-electron chi connectivity index (χ1n) is 7.34. The molecule has 1 atom stereocenters. The molecule has 0 bridgehead atoms. The van der Waals surface area contributed by atoms with Crippen LogP contribution in [0.1, 0.15) is 17.3 Å². The van der Waals surface area contributed by atoms with Crippen LogP contribution in [0, 0.1) is 0 Å². The molecule has 2 heterocycles. The van der Waals surface area contributed by atoms with Crippen LogP contribution in [0.2, 0.25) is 0 Å². The third-order valence-corrected chi connectivity index (χ3v) is 3.42. The summed E-state index contributed by atoms with van der Waals surface area (Å²) in [5, 5.41) is 9.88. The predicted molar refractivity (Wildman–Crippen MR) is 81.2 cm³/mol. The van der Waals surface area contributed by atoms with Crippen molar-refractivity contribution >= 4 is 5.91 Å². The van der Waals surface area contributed by atoms with E-state index in [-0.39, 0.29) is 11.9 Å². The first-order chi connectivity index (χ1) is 10.8. The SMILES string of the molecule is O=C(NCCc1nc(Cc2ccccc2)no1)[C@@H]1C=CCN1. The van der Waals surface area contributed by atoms with Crippen LogP contribution < -0.4 is 10.6 Å². The summed E-state index contributed by atoms with van der Waals surface area (Å²) >= 11 is 0. The van der Waals surface area contributed by atoms with E-state index in [4.69, 9.17) is 4.52 Å². The lowest BCUT2D eigenvalue weighted by molar-refractivity contribution is -0.121. The summed E-state index contributed by atoms with van der Waals surface area (Å²) in [5.41, 5.74) is 1.14. The molecule has 0 aliphatic carbocycles. The van der Waals surface area contributed by atoms with Crippen molar-refractivity contribution < 1.29 is 9.32 Å². The minimum atomic E-state index is -0.226. The van der Waals surface area contributed by atoms with Gasteiger partial charge in [-0.3, -0.25) is 10.1 Å². The van der Waals surface area contributed by atoms with Gasteiger partial charge in [-0.05, 0) is 5.56 Å². The van der Waals surface area contributed by atoms with Gasteiger partial charge in [0, 0.05) is 25.9 Å². The van der Waals surface area contributed by atoms with Gasteiger partial charge in [-0.15, -0.1) is 0 Å². The summed E-state index contributed by atoms with van der Waals surface area (Å²) in [4.78, 5) is 16.1. The Hall–Kier alpha value is -2.47. The summed E-state index contributed by atoms with van der Waals surface area (Å²) in [6, 6.07) is 9.77. The van der Waals surface area contributed by atoms with E-state index < -0.39 is 0 Å². The number of benzene rings is 1. The minimum absolute atomic E-state index is 0.0298. The molecule has 1 aromatic heterocycles. The van der Waals surface area contributed by atoms with Crippen LogP contribution in [-0.2, 0) is 17.6 Å². The summed E-state index contributed by atoms with van der Waals surface area (Å²) in [7, 11) is 0. The van der Waals surface area contributed by atoms with Crippen LogP contribution in [0.15, 0.2) is 47.0 Å². The minimum Gasteiger partial charge on any atom is -0.354 e. The molecule has 22 heavy (non-hydrogen) atoms. The Labute approximate surface area is 128 Å². The average Bonchev–Trinajstić information content (AvgIpc) is 3.20. The maximum absolute atomic E-state index is 11.8. The lowest BCUT2D eigenvalue weighted by Gasteiger charge is -2.08. The van der Waals surface area contributed by atoms with Gasteiger partial charge in [-0.1, -0.05) is 47.6 Å². The molecule has 0 spiro atoms. The number of hydrogen-bond acceptors (Lipinski definition) is 5. The van der Waals surface area contributed by atoms with Crippen LogP contribution in [0.3, 0.4) is 0 Å². The number of nitrogens with zero attached hydrogens (tertiary/aromatic N) is 2. The second kappa shape index (κ2) is 7.00. The molecule has 0 saturated carbocycles. The molecule has 1 amide bonds. The fourth-order valence-electron chi connectivity index (χ4n) is 2.29. The van der Waals surface area contributed by atoms with Gasteiger partial charge in [-0.2, -0.15) is 4.98 Å². The fraction of sp³-hybridized carbons (Fsp3) is 0.312. The Balaban J connectivity index is 1.45. The first-order valence-corrected chi connectivity index (χ1v) is 7.34. The molecule has 6 heteroatoms. The number of nitrogens with one attached hydrogen (secondary N) is 2. The molecule has 1 aliphatic rings. The number of hydrogen-bond donors (Lipinski definition) is 2. The van der Waals surface area contributed by atoms with Gasteiger partial charge in [-0.25, -0.2) is 0 Å². The van der Waals surface area contributed by atoms with E-state index in [2.05, 4.69) is 20.8 Å². The van der Waals surface area contributed by atoms with E-state index in [9.17, 15) is 4.79 Å². The predicted octanol–water partition coefficient (Wildman–Crippen LogP) is 0.847. The zero-order valence-electron chi connectivity index (χ0n) is 12.2. The molecule has 0 fully saturated rings. The smallest absolute Gasteiger partial charge is 0.241 e. The molecule has 6 nitrogen and oxygen atoms in total. The van der Waals surface area contributed by atoms with E-state index in [1.807, 2.05) is 42.5 Å². The number of amides is 1. The van der Waals surface area contributed by atoms with Gasteiger partial charge in [0.2, 0.25) is 11.8 Å². The second-order valence-corrected chi connectivity index (χ2v) is 5.12. The molecule has 1 aliphatic heterocycles. The third-order valence-electron chi connectivity index (χ3n) is 3.42. The van der Waals surface area contributed by atoms with Gasteiger partial charge in [0.05, 0.1) is 0 Å². The molecule has 0 unspecified atom stereocenters. The maximum atomic E-state index is 11.8. The molecule has 2 N–H and O–H groups in total. The normalized spacial score (nSPS) is 16.8. The highest BCUT2D eigenvalue weighted by Crippen LogP contribution is 2.06. The van der Waals surface area contributed by atoms with Crippen LogP contribution in [0.4, 0.5) is 0 Å². The van der Waals surface area contributed by atoms with Gasteiger partial charge >= 0.3 is 0 Å². The molecule has 0 saturated heterocycles. The maximum Gasteiger partial charge on any atom is 0.241 e. The summed E-state index contributed by atoms with van der Waals surface area (Å²) < 4.78 is 5.20. The topological polar surface area (TPSA) is 80.1 Å². The standard InChI is InChI=1S/C16H18N4O2/c21-16(13-7-4-9-17-13)18-10-8-15-19-14(20-22-15)11-12-5-2-1-3-6-12/h1-7,13,17H,8-11H2,(H,18,21)/t13-/m0/s1. The van der Waals surface area contributed by atoms with Crippen molar-refractivity contribution in [2.45, 2.75) is 18.9 Å². The van der Waals surface area contributed by atoms with E-state index >= 15 is 0 Å². The quantitative estimate of drug-likeness (QED) is 0.773. The van der Waals surface area contributed by atoms with Crippen molar-refractivity contribution in [3.63, 3.8) is 0 Å². The fourth-order valence-corrected chi connectivity index (χ4v) is 2.29. The van der Waals surface area contributed by atoms with Crippen LogP contribution in [0.25, 0.3) is 0 Å². The van der Waals surface area contributed by atoms with Crippen molar-refractivity contribution in [1.82, 2.24) is 20.8 Å². The molecule has 1 aromatic carbocycles. The van der Waals surface area contributed by atoms with E-state index in [0.717, 1.165) is 12.1 Å². The largest absolute Gasteiger partial charge is 0.354 e. The van der Waals surface area contributed by atoms with Gasteiger partial charge in [0.15, 0.2) is 5.82 Å². The summed E-state index contributed by atoms with van der Waals surface area (Å²) in [5.74, 6) is 1.17. The van der Waals surface area contributed by atoms with Gasteiger partial charge in [0.1, 0.15) is 6.04 Å². The summed E-state index contributed by atoms with van der Waals surface area (Å²) in [6.45, 7) is 1.22. The molecule has 2 aromatic rings. The molecule has 114 valence electrons. The van der Waals surface area contributed by atoms with Crippen LogP contribution in [-0.4, -0.2) is 35.2 Å². The average molecular weight is 298 g/mol. The highest BCUT2D eigenvalue weighted by molar-refractivity contribution is 5.84. The van der Waals surface area contributed by atoms with Crippen molar-refractivity contribution in [2.75, 3.05) is 13.1 Å². The van der Waals surface area contributed by atoms with Crippen molar-refractivity contribution in [1.29, 1.82) is 0 Å². The molecule has 0 radical (unpaired) electrons. The van der Waals surface area contributed by atoms with E-state index in [0.29, 0.717) is 31.1 Å². The van der Waals surface area contributed by atoms with E-state index in [1.54, 1.807) is 0 Å². The van der Waals surface area contributed by atoms with Gasteiger partial charge in [0.25, 0.3) is 0 Å². The second-order valence-electron chi connectivity index (χ2n) is 5.12. The number of carbonyl (C=O) groups excluding carboxylic acids is 1. The monoisotopic (exact) mass is 298 g/mol. The van der Waals surface area contributed by atoms with Crippen LogP contribution >= 0.6 is 0 Å². The Bertz CT molecular complexity index is 651.